The Morgan fingerprint density at radius 2 is 2.04 bits per heavy atom. The predicted molar refractivity (Wildman–Crippen MR) is 101 cm³/mol. The molecule has 0 saturated carbocycles. The van der Waals surface area contributed by atoms with Gasteiger partial charge in [-0.15, -0.1) is 0 Å². The van der Waals surface area contributed by atoms with E-state index in [9.17, 15) is 4.79 Å². The third-order valence-electron chi connectivity index (χ3n) is 4.20. The van der Waals surface area contributed by atoms with Crippen LogP contribution in [0.2, 0.25) is 0 Å². The first-order valence-electron chi connectivity index (χ1n) is 8.73. The number of nitrogens with one attached hydrogen (secondary N) is 1. The molecule has 4 aromatic rings. The van der Waals surface area contributed by atoms with E-state index in [0.717, 1.165) is 29.1 Å². The Morgan fingerprint density at radius 1 is 1.11 bits per heavy atom. The molecule has 4 heterocycles. The maximum Gasteiger partial charge on any atom is 0.270 e. The number of nitrogens with zero attached hydrogens (tertiary/aromatic N) is 5. The number of pyridine rings is 2. The van der Waals surface area contributed by atoms with E-state index in [2.05, 4.69) is 25.4 Å². The van der Waals surface area contributed by atoms with Gasteiger partial charge in [0.05, 0.1) is 5.69 Å². The first kappa shape index (κ1) is 16.8. The quantitative estimate of drug-likeness (QED) is 0.593. The molecule has 1 N–H and O–H groups in total. The average Bonchev–Trinajstić information content (AvgIpc) is 3.17. The van der Waals surface area contributed by atoms with Gasteiger partial charge in [0.1, 0.15) is 11.4 Å². The summed E-state index contributed by atoms with van der Waals surface area (Å²) in [4.78, 5) is 25.4. The van der Waals surface area contributed by atoms with Gasteiger partial charge in [0, 0.05) is 36.9 Å². The van der Waals surface area contributed by atoms with Crippen LogP contribution in [0.3, 0.4) is 0 Å². The van der Waals surface area contributed by atoms with Gasteiger partial charge >= 0.3 is 0 Å². The molecule has 1 amide bonds. The molecule has 0 atom stereocenters. The molecule has 0 fully saturated rings. The van der Waals surface area contributed by atoms with Crippen molar-refractivity contribution in [1.82, 2.24) is 29.9 Å². The lowest BCUT2D eigenvalue weighted by Gasteiger charge is -2.07. The summed E-state index contributed by atoms with van der Waals surface area (Å²) in [7, 11) is 0. The smallest absolute Gasteiger partial charge is 0.270 e. The van der Waals surface area contributed by atoms with Crippen LogP contribution in [0, 0.1) is 0 Å². The van der Waals surface area contributed by atoms with Crippen molar-refractivity contribution < 1.29 is 4.79 Å². The number of aryl methyl sites for hydroxylation is 1. The largest absolute Gasteiger partial charge is 0.347 e. The fourth-order valence-corrected chi connectivity index (χ4v) is 2.82. The van der Waals surface area contributed by atoms with Crippen LogP contribution in [0.15, 0.2) is 61.1 Å². The third-order valence-corrected chi connectivity index (χ3v) is 4.20. The monoisotopic (exact) mass is 358 g/mol. The number of carbonyl (C=O) groups is 1. The van der Waals surface area contributed by atoms with Gasteiger partial charge in [-0.3, -0.25) is 14.8 Å². The van der Waals surface area contributed by atoms with Crippen LogP contribution in [-0.2, 0) is 13.0 Å². The maximum atomic E-state index is 12.6. The number of hydrogen-bond donors (Lipinski definition) is 1. The Hall–Kier alpha value is -3.61. The van der Waals surface area contributed by atoms with Crippen molar-refractivity contribution >= 4 is 11.6 Å². The summed E-state index contributed by atoms with van der Waals surface area (Å²) >= 11 is 0. The van der Waals surface area contributed by atoms with Crippen LogP contribution in [-0.4, -0.2) is 30.5 Å². The summed E-state index contributed by atoms with van der Waals surface area (Å²) < 4.78 is 1.77. The van der Waals surface area contributed by atoms with Crippen molar-refractivity contribution in [3.05, 3.63) is 78.0 Å². The minimum absolute atomic E-state index is 0.225. The van der Waals surface area contributed by atoms with Gasteiger partial charge < -0.3 is 5.32 Å². The van der Waals surface area contributed by atoms with E-state index in [0.29, 0.717) is 17.9 Å². The zero-order chi connectivity index (χ0) is 18.6. The molecule has 0 bridgehead atoms. The van der Waals surface area contributed by atoms with Crippen LogP contribution < -0.4 is 5.32 Å². The standard InChI is InChI=1S/C20H18N6O/c1-2-15-10-18(20(27)23-13-14-6-5-8-21-12-14)24-19-11-17(25-26(15)19)16-7-3-4-9-22-16/h3-12H,2,13H2,1H3,(H,23,27). The summed E-state index contributed by atoms with van der Waals surface area (Å²) in [5.74, 6) is -0.225. The van der Waals surface area contributed by atoms with E-state index in [1.165, 1.54) is 0 Å². The minimum Gasteiger partial charge on any atom is -0.347 e. The van der Waals surface area contributed by atoms with E-state index in [4.69, 9.17) is 0 Å². The van der Waals surface area contributed by atoms with Crippen LogP contribution in [0.25, 0.3) is 17.0 Å². The molecule has 0 unspecified atom stereocenters. The summed E-state index contributed by atoms with van der Waals surface area (Å²) in [5.41, 5.74) is 4.34. The molecule has 7 heteroatoms. The van der Waals surface area contributed by atoms with Crippen LogP contribution in [0.1, 0.15) is 28.7 Å². The van der Waals surface area contributed by atoms with E-state index in [-0.39, 0.29) is 5.91 Å². The molecule has 4 rings (SSSR count). The van der Waals surface area contributed by atoms with Gasteiger partial charge in [-0.2, -0.15) is 5.10 Å². The normalized spacial score (nSPS) is 10.9. The van der Waals surface area contributed by atoms with Gasteiger partial charge in [0.15, 0.2) is 5.65 Å². The van der Waals surface area contributed by atoms with E-state index < -0.39 is 0 Å². The molecule has 27 heavy (non-hydrogen) atoms. The number of fused-ring (bicyclic) bond motifs is 1. The topological polar surface area (TPSA) is 85.1 Å². The third kappa shape index (κ3) is 3.52. The Labute approximate surface area is 156 Å². The predicted octanol–water partition coefficient (Wildman–Crippen LogP) is 2.68. The molecule has 4 aromatic heterocycles. The highest BCUT2D eigenvalue weighted by molar-refractivity contribution is 5.92. The summed E-state index contributed by atoms with van der Waals surface area (Å²) in [6.45, 7) is 2.42. The molecule has 0 aliphatic rings. The van der Waals surface area contributed by atoms with E-state index >= 15 is 0 Å². The zero-order valence-electron chi connectivity index (χ0n) is 14.8. The molecule has 0 aliphatic heterocycles. The number of hydrogen-bond acceptors (Lipinski definition) is 5. The molecule has 0 saturated heterocycles. The van der Waals surface area contributed by atoms with Crippen molar-refractivity contribution in [1.29, 1.82) is 0 Å². The van der Waals surface area contributed by atoms with Gasteiger partial charge in [0.2, 0.25) is 0 Å². The molecular weight excluding hydrogens is 340 g/mol. The van der Waals surface area contributed by atoms with Crippen LogP contribution in [0.5, 0.6) is 0 Å². The Morgan fingerprint density at radius 3 is 2.78 bits per heavy atom. The number of aromatic nitrogens is 5. The van der Waals surface area contributed by atoms with Gasteiger partial charge in [-0.1, -0.05) is 19.1 Å². The lowest BCUT2D eigenvalue weighted by atomic mass is 10.2. The van der Waals surface area contributed by atoms with Gasteiger partial charge in [-0.05, 0) is 36.2 Å². The SMILES string of the molecule is CCc1cc(C(=O)NCc2cccnc2)nc2cc(-c3ccccn3)nn12. The molecule has 0 radical (unpaired) electrons. The Kier molecular flexibility index (Phi) is 4.57. The highest BCUT2D eigenvalue weighted by Gasteiger charge is 2.14. The Balaban J connectivity index is 1.64. The lowest BCUT2D eigenvalue weighted by molar-refractivity contribution is 0.0946. The zero-order valence-corrected chi connectivity index (χ0v) is 14.8. The highest BCUT2D eigenvalue weighted by atomic mass is 16.1. The molecular formula is C20H18N6O. The molecule has 134 valence electrons. The van der Waals surface area contributed by atoms with Crippen LogP contribution in [0.4, 0.5) is 0 Å². The molecule has 0 aromatic carbocycles. The van der Waals surface area contributed by atoms with Crippen molar-refractivity contribution in [2.75, 3.05) is 0 Å². The van der Waals surface area contributed by atoms with Crippen molar-refractivity contribution in [3.63, 3.8) is 0 Å². The molecule has 0 spiro atoms. The van der Waals surface area contributed by atoms with Crippen LogP contribution >= 0.6 is 0 Å². The van der Waals surface area contributed by atoms with E-state index in [1.807, 2.05) is 43.3 Å². The maximum absolute atomic E-state index is 12.6. The second-order valence-corrected chi connectivity index (χ2v) is 6.04. The van der Waals surface area contributed by atoms with Gasteiger partial charge in [0.25, 0.3) is 5.91 Å². The first-order chi connectivity index (χ1) is 13.2. The fourth-order valence-electron chi connectivity index (χ4n) is 2.82. The van der Waals surface area contributed by atoms with E-state index in [1.54, 1.807) is 29.2 Å². The van der Waals surface area contributed by atoms with Gasteiger partial charge in [-0.25, -0.2) is 9.50 Å². The first-order valence-corrected chi connectivity index (χ1v) is 8.73. The highest BCUT2D eigenvalue weighted by Crippen LogP contribution is 2.18. The second kappa shape index (κ2) is 7.33. The fraction of sp³-hybridized carbons (Fsp3) is 0.150. The number of amides is 1. The summed E-state index contributed by atoms with van der Waals surface area (Å²) in [6.07, 6.45) is 5.88. The number of rotatable bonds is 5. The Bertz CT molecular complexity index is 1080. The number of carbonyl (C=O) groups excluding carboxylic acids is 1. The summed E-state index contributed by atoms with van der Waals surface area (Å²) in [6, 6.07) is 13.1. The van der Waals surface area contributed by atoms with Crippen molar-refractivity contribution in [2.45, 2.75) is 19.9 Å². The molecule has 7 nitrogen and oxygen atoms in total. The molecule has 0 aliphatic carbocycles. The van der Waals surface area contributed by atoms with Crippen molar-refractivity contribution in [3.8, 4) is 11.4 Å². The summed E-state index contributed by atoms with van der Waals surface area (Å²) in [5, 5.41) is 7.49. The van der Waals surface area contributed by atoms with Crippen molar-refractivity contribution in [2.24, 2.45) is 0 Å². The second-order valence-electron chi connectivity index (χ2n) is 6.04. The minimum atomic E-state index is -0.225. The lowest BCUT2D eigenvalue weighted by Crippen LogP contribution is -2.24. The average molecular weight is 358 g/mol.